The van der Waals surface area contributed by atoms with Crippen molar-refractivity contribution in [1.29, 1.82) is 0 Å². The number of amides is 1. The van der Waals surface area contributed by atoms with E-state index in [1.54, 1.807) is 6.92 Å². The van der Waals surface area contributed by atoms with Crippen LogP contribution in [0, 0.1) is 12.8 Å². The van der Waals surface area contributed by atoms with Gasteiger partial charge in [-0.2, -0.15) is 4.98 Å². The molecule has 0 radical (unpaired) electrons. The molecule has 2 rings (SSSR count). The summed E-state index contributed by atoms with van der Waals surface area (Å²) in [5, 5.41) is 6.58. The number of rotatable bonds is 4. The maximum absolute atomic E-state index is 11.2. The number of aromatic nitrogens is 2. The molecule has 1 amide bonds. The summed E-state index contributed by atoms with van der Waals surface area (Å²) in [5.74, 6) is 1.64. The van der Waals surface area contributed by atoms with E-state index in [4.69, 9.17) is 4.52 Å². The molecule has 1 N–H and O–H groups in total. The molecule has 76 valence electrons. The molecule has 1 heterocycles. The van der Waals surface area contributed by atoms with Gasteiger partial charge in [-0.3, -0.25) is 4.79 Å². The van der Waals surface area contributed by atoms with Gasteiger partial charge < -0.3 is 9.84 Å². The predicted molar refractivity (Wildman–Crippen MR) is 48.5 cm³/mol. The summed E-state index contributed by atoms with van der Waals surface area (Å²) in [6.07, 6.45) is 2.70. The second-order valence-electron chi connectivity index (χ2n) is 3.54. The van der Waals surface area contributed by atoms with E-state index in [0.717, 1.165) is 12.8 Å². The van der Waals surface area contributed by atoms with Gasteiger partial charge in [0, 0.05) is 25.8 Å². The van der Waals surface area contributed by atoms with Crippen molar-refractivity contribution in [2.45, 2.75) is 26.2 Å². The van der Waals surface area contributed by atoms with Crippen molar-refractivity contribution < 1.29 is 9.32 Å². The molecule has 0 saturated heterocycles. The maximum Gasteiger partial charge on any atom is 0.223 e. The van der Waals surface area contributed by atoms with Crippen molar-refractivity contribution >= 4 is 5.91 Å². The Hall–Kier alpha value is -1.39. The molecule has 0 bridgehead atoms. The van der Waals surface area contributed by atoms with Crippen LogP contribution in [0.2, 0.25) is 0 Å². The van der Waals surface area contributed by atoms with Gasteiger partial charge in [-0.1, -0.05) is 5.16 Å². The first-order valence-corrected chi connectivity index (χ1v) is 4.82. The lowest BCUT2D eigenvalue weighted by atomic mass is 10.3. The zero-order valence-corrected chi connectivity index (χ0v) is 8.12. The minimum absolute atomic E-state index is 0.158. The largest absolute Gasteiger partial charge is 0.355 e. The quantitative estimate of drug-likeness (QED) is 0.757. The molecule has 1 aliphatic carbocycles. The van der Waals surface area contributed by atoms with Crippen molar-refractivity contribution in [3.05, 3.63) is 11.7 Å². The lowest BCUT2D eigenvalue weighted by molar-refractivity contribution is -0.122. The summed E-state index contributed by atoms with van der Waals surface area (Å²) in [5.41, 5.74) is 0. The van der Waals surface area contributed by atoms with Gasteiger partial charge in [0.15, 0.2) is 5.82 Å². The number of hydrogen-bond acceptors (Lipinski definition) is 4. The molecular formula is C9H13N3O2. The maximum atomic E-state index is 11.2. The van der Waals surface area contributed by atoms with Crippen molar-refractivity contribution in [1.82, 2.24) is 15.5 Å². The van der Waals surface area contributed by atoms with Crippen LogP contribution < -0.4 is 5.32 Å². The molecule has 1 fully saturated rings. The van der Waals surface area contributed by atoms with Crippen LogP contribution in [0.25, 0.3) is 0 Å². The molecule has 5 nitrogen and oxygen atoms in total. The van der Waals surface area contributed by atoms with Crippen molar-refractivity contribution in [2.75, 3.05) is 6.54 Å². The van der Waals surface area contributed by atoms with Gasteiger partial charge in [0.1, 0.15) is 0 Å². The first-order chi connectivity index (χ1) is 6.75. The summed E-state index contributed by atoms with van der Waals surface area (Å²) in [7, 11) is 0. The number of hydrogen-bond donors (Lipinski definition) is 1. The van der Waals surface area contributed by atoms with E-state index in [9.17, 15) is 4.79 Å². The molecule has 5 heteroatoms. The van der Waals surface area contributed by atoms with Crippen LogP contribution in [-0.4, -0.2) is 22.6 Å². The van der Waals surface area contributed by atoms with Crippen LogP contribution in [0.3, 0.4) is 0 Å². The van der Waals surface area contributed by atoms with E-state index in [-0.39, 0.29) is 11.8 Å². The number of nitrogens with zero attached hydrogens (tertiary/aromatic N) is 2. The fraction of sp³-hybridized carbons (Fsp3) is 0.667. The summed E-state index contributed by atoms with van der Waals surface area (Å²) < 4.78 is 4.81. The van der Waals surface area contributed by atoms with Crippen LogP contribution >= 0.6 is 0 Å². The van der Waals surface area contributed by atoms with Gasteiger partial charge in [0.25, 0.3) is 0 Å². The third-order valence-corrected chi connectivity index (χ3v) is 2.17. The smallest absolute Gasteiger partial charge is 0.223 e. The van der Waals surface area contributed by atoms with Gasteiger partial charge in [0.2, 0.25) is 11.8 Å². The van der Waals surface area contributed by atoms with Gasteiger partial charge in [0.05, 0.1) is 0 Å². The van der Waals surface area contributed by atoms with Crippen LogP contribution in [0.1, 0.15) is 24.6 Å². The Bertz CT molecular complexity index is 331. The molecule has 0 atom stereocenters. The summed E-state index contributed by atoms with van der Waals surface area (Å²) >= 11 is 0. The third-order valence-electron chi connectivity index (χ3n) is 2.17. The number of carbonyl (C=O) groups is 1. The van der Waals surface area contributed by atoms with Crippen molar-refractivity contribution in [3.8, 4) is 0 Å². The number of carbonyl (C=O) groups excluding carboxylic acids is 1. The summed E-state index contributed by atoms with van der Waals surface area (Å²) in [6.45, 7) is 2.34. The Morgan fingerprint density at radius 2 is 2.43 bits per heavy atom. The van der Waals surface area contributed by atoms with E-state index in [0.29, 0.717) is 24.7 Å². The highest BCUT2D eigenvalue weighted by molar-refractivity contribution is 5.80. The normalized spacial score (nSPS) is 15.5. The Balaban J connectivity index is 1.69. The SMILES string of the molecule is Cc1nc(CCNC(=O)C2CC2)no1. The third kappa shape index (κ3) is 2.31. The van der Waals surface area contributed by atoms with E-state index in [2.05, 4.69) is 15.5 Å². The molecule has 1 aromatic rings. The molecule has 1 aliphatic rings. The lowest BCUT2D eigenvalue weighted by Crippen LogP contribution is -2.27. The first kappa shape index (κ1) is 9.18. The second kappa shape index (κ2) is 3.77. The van der Waals surface area contributed by atoms with Crippen LogP contribution in [-0.2, 0) is 11.2 Å². The number of aryl methyl sites for hydroxylation is 1. The predicted octanol–water partition coefficient (Wildman–Crippen LogP) is 0.447. The molecule has 14 heavy (non-hydrogen) atoms. The molecule has 0 aromatic carbocycles. The van der Waals surface area contributed by atoms with E-state index in [1.165, 1.54) is 0 Å². The minimum Gasteiger partial charge on any atom is -0.355 e. The molecular weight excluding hydrogens is 182 g/mol. The Kier molecular flexibility index (Phi) is 2.47. The van der Waals surface area contributed by atoms with Crippen molar-refractivity contribution in [3.63, 3.8) is 0 Å². The fourth-order valence-corrected chi connectivity index (χ4v) is 1.23. The van der Waals surface area contributed by atoms with Gasteiger partial charge in [-0.15, -0.1) is 0 Å². The van der Waals surface area contributed by atoms with Crippen LogP contribution in [0.15, 0.2) is 4.52 Å². The fourth-order valence-electron chi connectivity index (χ4n) is 1.23. The van der Waals surface area contributed by atoms with Gasteiger partial charge in [-0.05, 0) is 12.8 Å². The highest BCUT2D eigenvalue weighted by Gasteiger charge is 2.29. The van der Waals surface area contributed by atoms with Gasteiger partial charge in [-0.25, -0.2) is 0 Å². The molecule has 0 aliphatic heterocycles. The molecule has 1 aromatic heterocycles. The molecule has 0 spiro atoms. The van der Waals surface area contributed by atoms with Crippen LogP contribution in [0.5, 0.6) is 0 Å². The molecule has 0 unspecified atom stereocenters. The second-order valence-corrected chi connectivity index (χ2v) is 3.54. The molecule has 1 saturated carbocycles. The summed E-state index contributed by atoms with van der Waals surface area (Å²) in [4.78, 5) is 15.3. The zero-order chi connectivity index (χ0) is 9.97. The standard InChI is InChI=1S/C9H13N3O2/c1-6-11-8(12-14-6)4-5-10-9(13)7-2-3-7/h7H,2-5H2,1H3,(H,10,13). The zero-order valence-electron chi connectivity index (χ0n) is 8.12. The highest BCUT2D eigenvalue weighted by Crippen LogP contribution is 2.28. The van der Waals surface area contributed by atoms with Crippen molar-refractivity contribution in [2.24, 2.45) is 5.92 Å². The van der Waals surface area contributed by atoms with Crippen LogP contribution in [0.4, 0.5) is 0 Å². The Morgan fingerprint density at radius 3 is 3.00 bits per heavy atom. The topological polar surface area (TPSA) is 68.0 Å². The summed E-state index contributed by atoms with van der Waals surface area (Å²) in [6, 6.07) is 0. The van der Waals surface area contributed by atoms with Gasteiger partial charge >= 0.3 is 0 Å². The average molecular weight is 195 g/mol. The monoisotopic (exact) mass is 195 g/mol. The van der Waals surface area contributed by atoms with E-state index < -0.39 is 0 Å². The highest BCUT2D eigenvalue weighted by atomic mass is 16.5. The van der Waals surface area contributed by atoms with E-state index >= 15 is 0 Å². The Morgan fingerprint density at radius 1 is 1.64 bits per heavy atom. The lowest BCUT2D eigenvalue weighted by Gasteiger charge is -2.00. The first-order valence-electron chi connectivity index (χ1n) is 4.82. The minimum atomic E-state index is 0.158. The Labute approximate surface area is 81.9 Å². The average Bonchev–Trinajstić information content (AvgIpc) is 2.92. The number of nitrogens with one attached hydrogen (secondary N) is 1. The van der Waals surface area contributed by atoms with E-state index in [1.807, 2.05) is 0 Å².